The van der Waals surface area contributed by atoms with E-state index in [4.69, 9.17) is 0 Å². The van der Waals surface area contributed by atoms with E-state index in [0.717, 1.165) is 11.3 Å². The second-order valence-corrected chi connectivity index (χ2v) is 5.18. The summed E-state index contributed by atoms with van der Waals surface area (Å²) in [7, 11) is 0. The van der Waals surface area contributed by atoms with E-state index >= 15 is 0 Å². The van der Waals surface area contributed by atoms with Crippen LogP contribution in [0.1, 0.15) is 21.7 Å². The van der Waals surface area contributed by atoms with Gasteiger partial charge in [0.05, 0.1) is 12.2 Å². The molecule has 23 heavy (non-hydrogen) atoms. The molecule has 6 heteroatoms. The smallest absolute Gasteiger partial charge is 0.322 e. The maximum absolute atomic E-state index is 12.3. The lowest BCUT2D eigenvalue weighted by atomic mass is 10.2. The van der Waals surface area contributed by atoms with Crippen LogP contribution in [0.5, 0.6) is 0 Å². The lowest BCUT2D eigenvalue weighted by molar-refractivity contribution is -0.607. The van der Waals surface area contributed by atoms with E-state index in [1.54, 1.807) is 22.9 Å². The number of aromatic nitrogens is 3. The van der Waals surface area contributed by atoms with Gasteiger partial charge in [-0.25, -0.2) is 4.68 Å². The van der Waals surface area contributed by atoms with Gasteiger partial charge in [-0.3, -0.25) is 4.79 Å². The van der Waals surface area contributed by atoms with Gasteiger partial charge in [-0.1, -0.05) is 30.3 Å². The molecule has 1 aromatic carbocycles. The van der Waals surface area contributed by atoms with Crippen molar-refractivity contribution in [3.63, 3.8) is 0 Å². The van der Waals surface area contributed by atoms with Gasteiger partial charge in [-0.05, 0) is 18.6 Å². The van der Waals surface area contributed by atoms with Crippen LogP contribution < -0.4 is 10.0 Å². The van der Waals surface area contributed by atoms with Crippen molar-refractivity contribution in [3.05, 3.63) is 83.0 Å². The van der Waals surface area contributed by atoms with Gasteiger partial charge in [0.1, 0.15) is 5.82 Å². The van der Waals surface area contributed by atoms with E-state index in [2.05, 4.69) is 10.4 Å². The monoisotopic (exact) mass is 308 g/mol. The van der Waals surface area contributed by atoms with Crippen molar-refractivity contribution in [1.29, 1.82) is 0 Å². The molecule has 0 aliphatic heterocycles. The Morgan fingerprint density at radius 3 is 2.70 bits per heavy atom. The molecule has 0 bridgehead atoms. The van der Waals surface area contributed by atoms with Gasteiger partial charge in [0, 0.05) is 18.2 Å². The molecule has 0 aliphatic rings. The summed E-state index contributed by atoms with van der Waals surface area (Å²) in [6.07, 6.45) is 1.29. The van der Waals surface area contributed by atoms with Crippen molar-refractivity contribution in [3.8, 4) is 0 Å². The van der Waals surface area contributed by atoms with Crippen LogP contribution in [0.15, 0.2) is 60.8 Å². The summed E-state index contributed by atoms with van der Waals surface area (Å²) in [4.78, 5) is 12.3. The molecule has 2 aromatic heterocycles. The fraction of sp³-hybridized carbons (Fsp3) is 0.118. The number of rotatable bonds is 4. The average molecular weight is 308 g/mol. The third kappa shape index (κ3) is 3.37. The zero-order valence-corrected chi connectivity index (χ0v) is 12.6. The fourth-order valence-corrected chi connectivity index (χ4v) is 2.31. The predicted octanol–water partition coefficient (Wildman–Crippen LogP) is 2.13. The normalized spacial score (nSPS) is 10.5. The largest absolute Gasteiger partial charge is 0.618 e. The van der Waals surface area contributed by atoms with E-state index in [1.165, 1.54) is 12.3 Å². The zero-order chi connectivity index (χ0) is 16.2. The third-order valence-electron chi connectivity index (χ3n) is 3.38. The number of carbonyl (C=O) groups is 1. The van der Waals surface area contributed by atoms with E-state index in [-0.39, 0.29) is 5.69 Å². The molecule has 6 nitrogen and oxygen atoms in total. The van der Waals surface area contributed by atoms with Gasteiger partial charge in [-0.2, -0.15) is 9.83 Å². The average Bonchev–Trinajstić information content (AvgIpc) is 2.88. The molecule has 3 rings (SSSR count). The van der Waals surface area contributed by atoms with Crippen LogP contribution in [0.25, 0.3) is 0 Å². The summed E-state index contributed by atoms with van der Waals surface area (Å²) >= 11 is 0. The summed E-state index contributed by atoms with van der Waals surface area (Å²) in [5.74, 6) is 0.0926. The Kier molecular flexibility index (Phi) is 4.05. The van der Waals surface area contributed by atoms with Crippen LogP contribution >= 0.6 is 0 Å². The molecule has 0 fully saturated rings. The minimum absolute atomic E-state index is 0.0395. The van der Waals surface area contributed by atoms with Crippen LogP contribution in [0, 0.1) is 12.1 Å². The number of aryl methyl sites for hydroxylation is 1. The first kappa shape index (κ1) is 14.8. The van der Waals surface area contributed by atoms with Crippen LogP contribution in [-0.2, 0) is 6.54 Å². The van der Waals surface area contributed by atoms with Gasteiger partial charge in [-0.15, -0.1) is 0 Å². The van der Waals surface area contributed by atoms with Crippen molar-refractivity contribution in [2.45, 2.75) is 13.5 Å². The fourth-order valence-electron chi connectivity index (χ4n) is 2.31. The first-order valence-corrected chi connectivity index (χ1v) is 7.21. The molecule has 1 amide bonds. The first-order chi connectivity index (χ1) is 11.1. The molecule has 0 aliphatic carbocycles. The Morgan fingerprint density at radius 2 is 1.96 bits per heavy atom. The molecule has 0 saturated heterocycles. The summed E-state index contributed by atoms with van der Waals surface area (Å²) in [6, 6.07) is 16.3. The van der Waals surface area contributed by atoms with Crippen LogP contribution in [0.4, 0.5) is 5.82 Å². The summed E-state index contributed by atoms with van der Waals surface area (Å²) in [5.41, 5.74) is 1.90. The van der Waals surface area contributed by atoms with Gasteiger partial charge in [0.15, 0.2) is 6.20 Å². The van der Waals surface area contributed by atoms with Crippen molar-refractivity contribution in [2.24, 2.45) is 0 Å². The Morgan fingerprint density at radius 1 is 1.22 bits per heavy atom. The highest BCUT2D eigenvalue weighted by Gasteiger charge is 2.17. The highest BCUT2D eigenvalue weighted by atomic mass is 16.5. The lowest BCUT2D eigenvalue weighted by Gasteiger charge is -2.09. The number of nitrogens with zero attached hydrogens (tertiary/aromatic N) is 3. The van der Waals surface area contributed by atoms with Crippen LogP contribution in [0.2, 0.25) is 0 Å². The molecular formula is C17H16N4O2. The molecule has 116 valence electrons. The Balaban J connectivity index is 1.83. The lowest BCUT2D eigenvalue weighted by Crippen LogP contribution is -2.36. The standard InChI is InChI=1S/C17H16N4O2/c1-13-11-16(18-17(22)15-9-5-6-10-21(15)23)20(19-13)12-14-7-3-2-4-8-14/h2-11H,12H2,1H3,(H,18,22). The second-order valence-electron chi connectivity index (χ2n) is 5.18. The molecule has 2 heterocycles. The predicted molar refractivity (Wildman–Crippen MR) is 85.9 cm³/mol. The third-order valence-corrected chi connectivity index (χ3v) is 3.38. The molecule has 0 atom stereocenters. The number of hydrogen-bond acceptors (Lipinski definition) is 3. The van der Waals surface area contributed by atoms with Gasteiger partial charge in [0.25, 0.3) is 5.69 Å². The number of carbonyl (C=O) groups excluding carboxylic acids is 1. The molecule has 0 saturated carbocycles. The van der Waals surface area contributed by atoms with Gasteiger partial charge >= 0.3 is 5.91 Å². The van der Waals surface area contributed by atoms with Crippen LogP contribution in [-0.4, -0.2) is 15.7 Å². The molecule has 3 aromatic rings. The minimum atomic E-state index is -0.463. The Bertz CT molecular complexity index is 828. The maximum Gasteiger partial charge on any atom is 0.322 e. The number of hydrogen-bond donors (Lipinski definition) is 1. The van der Waals surface area contributed by atoms with Gasteiger partial charge in [0.2, 0.25) is 0 Å². The van der Waals surface area contributed by atoms with Crippen molar-refractivity contribution < 1.29 is 9.52 Å². The van der Waals surface area contributed by atoms with E-state index in [1.807, 2.05) is 37.3 Å². The highest BCUT2D eigenvalue weighted by molar-refractivity contribution is 6.01. The van der Waals surface area contributed by atoms with E-state index in [0.29, 0.717) is 17.1 Å². The minimum Gasteiger partial charge on any atom is -0.618 e. The zero-order valence-electron chi connectivity index (χ0n) is 12.6. The number of amides is 1. The molecular weight excluding hydrogens is 292 g/mol. The summed E-state index contributed by atoms with van der Waals surface area (Å²) in [5, 5.41) is 18.8. The first-order valence-electron chi connectivity index (χ1n) is 7.21. The Labute approximate surface area is 133 Å². The SMILES string of the molecule is Cc1cc(NC(=O)c2cccc[n+]2[O-])n(Cc2ccccc2)n1. The van der Waals surface area contributed by atoms with E-state index < -0.39 is 5.91 Å². The van der Waals surface area contributed by atoms with Crippen molar-refractivity contribution in [2.75, 3.05) is 5.32 Å². The second kappa shape index (κ2) is 6.31. The molecule has 0 spiro atoms. The Hall–Kier alpha value is -3.15. The number of anilines is 1. The van der Waals surface area contributed by atoms with Crippen LogP contribution in [0.3, 0.4) is 0 Å². The van der Waals surface area contributed by atoms with Crippen molar-refractivity contribution in [1.82, 2.24) is 9.78 Å². The summed E-state index contributed by atoms with van der Waals surface area (Å²) in [6.45, 7) is 2.39. The maximum atomic E-state index is 12.3. The number of nitrogens with one attached hydrogen (secondary N) is 1. The summed E-state index contributed by atoms with van der Waals surface area (Å²) < 4.78 is 2.25. The van der Waals surface area contributed by atoms with E-state index in [9.17, 15) is 10.0 Å². The molecule has 0 radical (unpaired) electrons. The number of pyridine rings is 1. The molecule has 0 unspecified atom stereocenters. The topological polar surface area (TPSA) is 73.9 Å². The van der Waals surface area contributed by atoms with Gasteiger partial charge < -0.3 is 10.5 Å². The van der Waals surface area contributed by atoms with Crippen molar-refractivity contribution >= 4 is 11.7 Å². The number of benzene rings is 1. The highest BCUT2D eigenvalue weighted by Crippen LogP contribution is 2.13. The molecule has 1 N–H and O–H groups in total. The quantitative estimate of drug-likeness (QED) is 0.592.